The molecule has 0 radical (unpaired) electrons. The van der Waals surface area contributed by atoms with Crippen molar-refractivity contribution >= 4 is 23.2 Å². The van der Waals surface area contributed by atoms with Crippen molar-refractivity contribution in [2.75, 3.05) is 13.7 Å². The average molecular weight is 329 g/mol. The number of fused-ring (bicyclic) bond motifs is 1. The fraction of sp³-hybridized carbons (Fsp3) is 0.333. The van der Waals surface area contributed by atoms with Crippen LogP contribution in [-0.4, -0.2) is 30.4 Å². The maximum Gasteiger partial charge on any atom is 0.333 e. The van der Waals surface area contributed by atoms with Crippen molar-refractivity contribution in [3.63, 3.8) is 0 Å². The van der Waals surface area contributed by atoms with Crippen molar-refractivity contribution in [2.24, 2.45) is 0 Å². The van der Waals surface area contributed by atoms with Crippen LogP contribution in [0.3, 0.4) is 0 Å². The van der Waals surface area contributed by atoms with Crippen LogP contribution in [0.4, 0.5) is 0 Å². The minimum absolute atomic E-state index is 0.121. The van der Waals surface area contributed by atoms with Crippen LogP contribution < -0.4 is 0 Å². The largest absolute Gasteiger partial charge is 0.467 e. The van der Waals surface area contributed by atoms with Crippen LogP contribution in [0.25, 0.3) is 0 Å². The Bertz CT molecular complexity index is 745. The van der Waals surface area contributed by atoms with E-state index in [9.17, 15) is 9.59 Å². The number of amides is 1. The number of esters is 1. The first-order valence-corrected chi connectivity index (χ1v) is 8.42. The van der Waals surface area contributed by atoms with Crippen molar-refractivity contribution in [3.05, 3.63) is 56.8 Å². The molecular formula is C18H19NO3S. The Morgan fingerprint density at radius 3 is 2.57 bits per heavy atom. The van der Waals surface area contributed by atoms with Crippen molar-refractivity contribution in [2.45, 2.75) is 26.3 Å². The van der Waals surface area contributed by atoms with E-state index < -0.39 is 6.04 Å². The number of rotatable bonds is 2. The first-order chi connectivity index (χ1) is 11.0. The van der Waals surface area contributed by atoms with E-state index in [1.807, 2.05) is 43.5 Å². The molecule has 1 aromatic heterocycles. The lowest BCUT2D eigenvalue weighted by atomic mass is 9.98. The Hall–Kier alpha value is -2.14. The molecule has 1 aromatic carbocycles. The molecular weight excluding hydrogens is 310 g/mol. The second-order valence-corrected chi connectivity index (χ2v) is 6.85. The molecule has 2 aromatic rings. The third-order valence-corrected chi connectivity index (χ3v) is 5.12. The van der Waals surface area contributed by atoms with Gasteiger partial charge in [-0.3, -0.25) is 4.79 Å². The maximum absolute atomic E-state index is 13.0. The number of benzene rings is 1. The van der Waals surface area contributed by atoms with Gasteiger partial charge in [-0.2, -0.15) is 0 Å². The van der Waals surface area contributed by atoms with E-state index in [0.29, 0.717) is 12.1 Å². The van der Waals surface area contributed by atoms with E-state index in [2.05, 4.69) is 0 Å². The van der Waals surface area contributed by atoms with Crippen molar-refractivity contribution in [1.82, 2.24) is 4.90 Å². The maximum atomic E-state index is 13.0. The molecule has 0 aliphatic carbocycles. The smallest absolute Gasteiger partial charge is 0.333 e. The van der Waals surface area contributed by atoms with E-state index in [1.54, 1.807) is 16.2 Å². The van der Waals surface area contributed by atoms with Gasteiger partial charge in [0.2, 0.25) is 0 Å². The SMILES string of the molecule is COC(=O)C1c2ccsc2CCN1C(=O)c1cc(C)cc(C)c1. The Morgan fingerprint density at radius 2 is 1.91 bits per heavy atom. The van der Waals surface area contributed by atoms with Crippen LogP contribution in [0, 0.1) is 13.8 Å². The number of methoxy groups -OCH3 is 1. The predicted octanol–water partition coefficient (Wildman–Crippen LogP) is 3.28. The number of carbonyl (C=O) groups excluding carboxylic acids is 2. The van der Waals surface area contributed by atoms with Gasteiger partial charge in [-0.05, 0) is 49.4 Å². The minimum Gasteiger partial charge on any atom is -0.467 e. The van der Waals surface area contributed by atoms with Crippen molar-refractivity contribution < 1.29 is 14.3 Å². The monoisotopic (exact) mass is 329 g/mol. The van der Waals surface area contributed by atoms with Gasteiger partial charge < -0.3 is 9.64 Å². The molecule has 3 rings (SSSR count). The zero-order valence-electron chi connectivity index (χ0n) is 13.5. The second-order valence-electron chi connectivity index (χ2n) is 5.85. The highest BCUT2D eigenvalue weighted by Crippen LogP contribution is 2.35. The first-order valence-electron chi connectivity index (χ1n) is 7.54. The summed E-state index contributed by atoms with van der Waals surface area (Å²) in [6, 6.07) is 7.03. The summed E-state index contributed by atoms with van der Waals surface area (Å²) in [5.41, 5.74) is 3.59. The molecule has 1 atom stereocenters. The first kappa shape index (κ1) is 15.7. The zero-order chi connectivity index (χ0) is 16.6. The van der Waals surface area contributed by atoms with Crippen LogP contribution in [0.5, 0.6) is 0 Å². The van der Waals surface area contributed by atoms with Gasteiger partial charge in [-0.15, -0.1) is 11.3 Å². The molecule has 1 amide bonds. The topological polar surface area (TPSA) is 46.6 Å². The van der Waals surface area contributed by atoms with E-state index >= 15 is 0 Å². The molecule has 0 saturated heterocycles. The van der Waals surface area contributed by atoms with Crippen LogP contribution in [-0.2, 0) is 16.0 Å². The predicted molar refractivity (Wildman–Crippen MR) is 89.7 cm³/mol. The lowest BCUT2D eigenvalue weighted by molar-refractivity contribution is -0.146. The fourth-order valence-corrected chi connectivity index (χ4v) is 4.07. The summed E-state index contributed by atoms with van der Waals surface area (Å²) >= 11 is 1.63. The molecule has 0 saturated carbocycles. The second kappa shape index (κ2) is 6.16. The number of thiophene rings is 1. The molecule has 0 bridgehead atoms. The van der Waals surface area contributed by atoms with E-state index in [-0.39, 0.29) is 11.9 Å². The summed E-state index contributed by atoms with van der Waals surface area (Å²) in [5, 5.41) is 1.96. The minimum atomic E-state index is -0.650. The highest BCUT2D eigenvalue weighted by Gasteiger charge is 2.37. The Labute approximate surface area is 139 Å². The zero-order valence-corrected chi connectivity index (χ0v) is 14.3. The van der Waals surface area contributed by atoms with Gasteiger partial charge in [0.15, 0.2) is 6.04 Å². The fourth-order valence-electron chi connectivity index (χ4n) is 3.16. The summed E-state index contributed by atoms with van der Waals surface area (Å²) in [4.78, 5) is 28.1. The molecule has 0 N–H and O–H groups in total. The molecule has 0 spiro atoms. The van der Waals surface area contributed by atoms with Crippen LogP contribution in [0.1, 0.15) is 38.0 Å². The Kier molecular flexibility index (Phi) is 4.22. The van der Waals surface area contributed by atoms with Crippen molar-refractivity contribution in [3.8, 4) is 0 Å². The highest BCUT2D eigenvalue weighted by molar-refractivity contribution is 7.10. The molecule has 4 nitrogen and oxygen atoms in total. The standard InChI is InChI=1S/C18H19NO3S/c1-11-8-12(2)10-13(9-11)17(20)19-6-4-15-14(5-7-23-15)16(19)18(21)22-3/h5,7-10,16H,4,6H2,1-3H3. The van der Waals surface area contributed by atoms with Gasteiger partial charge in [-0.1, -0.05) is 17.2 Å². The number of nitrogens with zero attached hydrogens (tertiary/aromatic N) is 1. The van der Waals surface area contributed by atoms with E-state index in [0.717, 1.165) is 28.0 Å². The van der Waals surface area contributed by atoms with Crippen molar-refractivity contribution in [1.29, 1.82) is 0 Å². The van der Waals surface area contributed by atoms with Gasteiger partial charge in [0.1, 0.15) is 0 Å². The summed E-state index contributed by atoms with van der Waals surface area (Å²) in [6.07, 6.45) is 0.775. The molecule has 5 heteroatoms. The number of hydrogen-bond acceptors (Lipinski definition) is 4. The summed E-state index contributed by atoms with van der Waals surface area (Å²) in [6.45, 7) is 4.46. The summed E-state index contributed by atoms with van der Waals surface area (Å²) < 4.78 is 4.95. The lowest BCUT2D eigenvalue weighted by Crippen LogP contribution is -2.43. The van der Waals surface area contributed by atoms with E-state index in [1.165, 1.54) is 7.11 Å². The summed E-state index contributed by atoms with van der Waals surface area (Å²) in [7, 11) is 1.36. The molecule has 1 unspecified atom stereocenters. The van der Waals surface area contributed by atoms with Gasteiger partial charge in [0.05, 0.1) is 7.11 Å². The molecule has 1 aliphatic rings. The molecule has 23 heavy (non-hydrogen) atoms. The summed E-state index contributed by atoms with van der Waals surface area (Å²) in [5.74, 6) is -0.508. The number of ether oxygens (including phenoxy) is 1. The van der Waals surface area contributed by atoms with Gasteiger partial charge in [0.25, 0.3) is 5.91 Å². The normalized spacial score (nSPS) is 16.8. The van der Waals surface area contributed by atoms with Crippen LogP contribution in [0.15, 0.2) is 29.6 Å². The Morgan fingerprint density at radius 1 is 1.22 bits per heavy atom. The molecule has 120 valence electrons. The van der Waals surface area contributed by atoms with Gasteiger partial charge >= 0.3 is 5.97 Å². The molecule has 0 fully saturated rings. The van der Waals surface area contributed by atoms with Gasteiger partial charge in [-0.25, -0.2) is 4.79 Å². The third kappa shape index (κ3) is 2.88. The number of hydrogen-bond donors (Lipinski definition) is 0. The van der Waals surface area contributed by atoms with Crippen LogP contribution in [0.2, 0.25) is 0 Å². The average Bonchev–Trinajstić information content (AvgIpc) is 3.00. The van der Waals surface area contributed by atoms with Gasteiger partial charge in [0, 0.05) is 17.0 Å². The number of aryl methyl sites for hydroxylation is 2. The number of carbonyl (C=O) groups is 2. The molecule has 1 aliphatic heterocycles. The van der Waals surface area contributed by atoms with Crippen LogP contribution >= 0.6 is 11.3 Å². The van der Waals surface area contributed by atoms with E-state index in [4.69, 9.17) is 4.74 Å². The third-order valence-electron chi connectivity index (χ3n) is 4.12. The Balaban J connectivity index is 2.00. The lowest BCUT2D eigenvalue weighted by Gasteiger charge is -2.34. The molecule has 2 heterocycles. The quantitative estimate of drug-likeness (QED) is 0.795. The highest BCUT2D eigenvalue weighted by atomic mass is 32.1.